The lowest BCUT2D eigenvalue weighted by Gasteiger charge is -2.33. The molecular weight excluding hydrogens is 304 g/mol. The molecule has 1 aliphatic rings. The number of esters is 1. The summed E-state index contributed by atoms with van der Waals surface area (Å²) >= 11 is 0. The number of aliphatic hydroxyl groups excluding tert-OH is 1. The molecule has 130 valence electrons. The molecule has 23 heavy (non-hydrogen) atoms. The Morgan fingerprint density at radius 3 is 2.52 bits per heavy atom. The standard InChI is InChI=1S/C17H25F2NO3/c1-4-5-6-7-12(2)14(16(22)23-3)20-15(21)13-8-10-17(18,19)11-9-13/h4-7,13-15,20-21H,2,8-11H2,1,3H3/b5-4-,7-6-/t14-,15?/m0/s1. The maximum absolute atomic E-state index is 13.2. The fraction of sp³-hybridized carbons (Fsp3) is 0.588. The zero-order valence-corrected chi connectivity index (χ0v) is 13.6. The molecule has 0 spiro atoms. The van der Waals surface area contributed by atoms with E-state index < -0.39 is 24.2 Å². The second-order valence-corrected chi connectivity index (χ2v) is 5.72. The van der Waals surface area contributed by atoms with Crippen LogP contribution in [0.25, 0.3) is 0 Å². The molecule has 1 saturated carbocycles. The van der Waals surface area contributed by atoms with E-state index in [1.54, 1.807) is 18.2 Å². The third kappa shape index (κ3) is 6.23. The Morgan fingerprint density at radius 2 is 2.00 bits per heavy atom. The van der Waals surface area contributed by atoms with Crippen LogP contribution in [0.2, 0.25) is 0 Å². The quantitative estimate of drug-likeness (QED) is 0.428. The average molecular weight is 329 g/mol. The van der Waals surface area contributed by atoms with Gasteiger partial charge < -0.3 is 9.84 Å². The first kappa shape index (κ1) is 19.5. The van der Waals surface area contributed by atoms with Crippen LogP contribution in [-0.2, 0) is 9.53 Å². The number of allylic oxidation sites excluding steroid dienone is 3. The fourth-order valence-corrected chi connectivity index (χ4v) is 2.52. The Balaban J connectivity index is 2.69. The van der Waals surface area contributed by atoms with Crippen molar-refractivity contribution in [1.82, 2.24) is 5.32 Å². The molecule has 2 N–H and O–H groups in total. The molecule has 0 saturated heterocycles. The van der Waals surface area contributed by atoms with Crippen LogP contribution in [0.1, 0.15) is 32.6 Å². The van der Waals surface area contributed by atoms with Gasteiger partial charge in [0, 0.05) is 12.8 Å². The first-order valence-corrected chi connectivity index (χ1v) is 7.68. The largest absolute Gasteiger partial charge is 0.468 e. The molecular formula is C17H25F2NO3. The van der Waals surface area contributed by atoms with Gasteiger partial charge in [0.05, 0.1) is 7.11 Å². The number of methoxy groups -OCH3 is 1. The molecule has 0 radical (unpaired) electrons. The molecule has 1 rings (SSSR count). The van der Waals surface area contributed by atoms with Crippen molar-refractivity contribution in [3.63, 3.8) is 0 Å². The van der Waals surface area contributed by atoms with E-state index in [1.165, 1.54) is 7.11 Å². The summed E-state index contributed by atoms with van der Waals surface area (Å²) in [6.07, 6.45) is 5.79. The number of hydrogen-bond acceptors (Lipinski definition) is 4. The van der Waals surface area contributed by atoms with Gasteiger partial charge in [-0.15, -0.1) is 0 Å². The predicted molar refractivity (Wildman–Crippen MR) is 84.9 cm³/mol. The van der Waals surface area contributed by atoms with E-state index in [4.69, 9.17) is 4.74 Å². The van der Waals surface area contributed by atoms with Gasteiger partial charge in [-0.25, -0.2) is 13.6 Å². The Labute approximate surface area is 135 Å². The monoisotopic (exact) mass is 329 g/mol. The molecule has 2 atom stereocenters. The SMILES string of the molecule is C=C(/C=C\C=C/C)[C@H](NC(O)C1CCC(F)(F)CC1)C(=O)OC. The molecule has 1 unspecified atom stereocenters. The highest BCUT2D eigenvalue weighted by atomic mass is 19.3. The molecule has 0 aromatic rings. The number of hydrogen-bond donors (Lipinski definition) is 2. The van der Waals surface area contributed by atoms with Crippen LogP contribution >= 0.6 is 0 Å². The first-order chi connectivity index (χ1) is 10.8. The Kier molecular flexibility index (Phi) is 7.58. The van der Waals surface area contributed by atoms with Crippen molar-refractivity contribution >= 4 is 5.97 Å². The molecule has 0 aliphatic heterocycles. The lowest BCUT2D eigenvalue weighted by Crippen LogP contribution is -2.49. The topological polar surface area (TPSA) is 58.6 Å². The maximum atomic E-state index is 13.2. The van der Waals surface area contributed by atoms with Gasteiger partial charge in [-0.1, -0.05) is 30.9 Å². The number of rotatable bonds is 7. The van der Waals surface area contributed by atoms with Crippen molar-refractivity contribution in [3.8, 4) is 0 Å². The van der Waals surface area contributed by atoms with Crippen molar-refractivity contribution in [2.75, 3.05) is 7.11 Å². The van der Waals surface area contributed by atoms with E-state index in [9.17, 15) is 18.7 Å². The van der Waals surface area contributed by atoms with Crippen molar-refractivity contribution in [1.29, 1.82) is 0 Å². The van der Waals surface area contributed by atoms with Gasteiger partial charge in [0.25, 0.3) is 0 Å². The molecule has 0 amide bonds. The van der Waals surface area contributed by atoms with E-state index in [-0.39, 0.29) is 31.6 Å². The number of carbonyl (C=O) groups is 1. The third-order valence-corrected chi connectivity index (χ3v) is 3.97. The van der Waals surface area contributed by atoms with Crippen LogP contribution in [0.4, 0.5) is 8.78 Å². The number of ether oxygens (including phenoxy) is 1. The van der Waals surface area contributed by atoms with Crippen molar-refractivity contribution < 1.29 is 23.4 Å². The van der Waals surface area contributed by atoms with Crippen LogP contribution in [0.3, 0.4) is 0 Å². The van der Waals surface area contributed by atoms with Crippen molar-refractivity contribution in [3.05, 3.63) is 36.5 Å². The summed E-state index contributed by atoms with van der Waals surface area (Å²) in [4.78, 5) is 11.9. The summed E-state index contributed by atoms with van der Waals surface area (Å²) in [6.45, 7) is 5.65. The summed E-state index contributed by atoms with van der Waals surface area (Å²) in [5, 5.41) is 13.0. The lowest BCUT2D eigenvalue weighted by molar-refractivity contribution is -0.143. The normalized spacial score (nSPS) is 21.4. The number of nitrogens with one attached hydrogen (secondary N) is 1. The Morgan fingerprint density at radius 1 is 1.39 bits per heavy atom. The third-order valence-electron chi connectivity index (χ3n) is 3.97. The summed E-state index contributed by atoms with van der Waals surface area (Å²) < 4.78 is 31.1. The zero-order valence-electron chi connectivity index (χ0n) is 13.6. The Bertz CT molecular complexity index is 464. The zero-order chi connectivity index (χ0) is 17.5. The highest BCUT2D eigenvalue weighted by Crippen LogP contribution is 2.37. The molecule has 0 aromatic heterocycles. The molecule has 1 aliphatic carbocycles. The Hall–Kier alpha value is -1.53. The van der Waals surface area contributed by atoms with Gasteiger partial charge in [-0.2, -0.15) is 0 Å². The van der Waals surface area contributed by atoms with Crippen molar-refractivity contribution in [2.45, 2.75) is 50.8 Å². The molecule has 0 heterocycles. The van der Waals surface area contributed by atoms with Crippen LogP contribution in [-0.4, -0.2) is 36.4 Å². The highest BCUT2D eigenvalue weighted by Gasteiger charge is 2.38. The fourth-order valence-electron chi connectivity index (χ4n) is 2.52. The summed E-state index contributed by atoms with van der Waals surface area (Å²) in [6, 6.07) is -0.918. The molecule has 0 bridgehead atoms. The van der Waals surface area contributed by atoms with Gasteiger partial charge in [-0.05, 0) is 31.3 Å². The van der Waals surface area contributed by atoms with E-state index in [2.05, 4.69) is 11.9 Å². The highest BCUT2D eigenvalue weighted by molar-refractivity contribution is 5.80. The number of aliphatic hydroxyl groups is 1. The second kappa shape index (κ2) is 8.93. The van der Waals surface area contributed by atoms with Gasteiger partial charge >= 0.3 is 5.97 Å². The minimum absolute atomic E-state index is 0.204. The number of halogens is 2. The average Bonchev–Trinajstić information content (AvgIpc) is 2.51. The summed E-state index contributed by atoms with van der Waals surface area (Å²) in [7, 11) is 1.24. The summed E-state index contributed by atoms with van der Waals surface area (Å²) in [5.74, 6) is -3.56. The van der Waals surface area contributed by atoms with Crippen molar-refractivity contribution in [2.24, 2.45) is 5.92 Å². The maximum Gasteiger partial charge on any atom is 0.327 e. The molecule has 4 nitrogen and oxygen atoms in total. The molecule has 6 heteroatoms. The predicted octanol–water partition coefficient (Wildman–Crippen LogP) is 2.95. The van der Waals surface area contributed by atoms with Gasteiger partial charge in [-0.3, -0.25) is 5.32 Å². The van der Waals surface area contributed by atoms with Crippen LogP contribution in [0.15, 0.2) is 36.5 Å². The van der Waals surface area contributed by atoms with Gasteiger partial charge in [0.1, 0.15) is 12.3 Å². The van der Waals surface area contributed by atoms with Gasteiger partial charge in [0.15, 0.2) is 0 Å². The number of carbonyl (C=O) groups excluding carboxylic acids is 1. The van der Waals surface area contributed by atoms with Gasteiger partial charge in [0.2, 0.25) is 5.92 Å². The molecule has 0 aromatic carbocycles. The van der Waals surface area contributed by atoms with Crippen LogP contribution in [0.5, 0.6) is 0 Å². The smallest absolute Gasteiger partial charge is 0.327 e. The lowest BCUT2D eigenvalue weighted by atomic mass is 9.85. The minimum atomic E-state index is -2.66. The van der Waals surface area contributed by atoms with Crippen LogP contribution in [0, 0.1) is 5.92 Å². The van der Waals surface area contributed by atoms with E-state index in [1.807, 2.05) is 13.0 Å². The van der Waals surface area contributed by atoms with Crippen LogP contribution < -0.4 is 5.32 Å². The summed E-state index contributed by atoms with van der Waals surface area (Å²) in [5.41, 5.74) is 0.426. The van der Waals surface area contributed by atoms with E-state index >= 15 is 0 Å². The van der Waals surface area contributed by atoms with E-state index in [0.717, 1.165) is 0 Å². The number of alkyl halides is 2. The second-order valence-electron chi connectivity index (χ2n) is 5.72. The molecule has 1 fully saturated rings. The first-order valence-electron chi connectivity index (χ1n) is 7.68. The van der Waals surface area contributed by atoms with E-state index in [0.29, 0.717) is 5.57 Å². The minimum Gasteiger partial charge on any atom is -0.468 e.